The second kappa shape index (κ2) is 18.5. The molecule has 12 heteroatoms. The van der Waals surface area contributed by atoms with Crippen molar-refractivity contribution in [1.29, 1.82) is 0 Å². The van der Waals surface area contributed by atoms with Crippen LogP contribution >= 0.6 is 0 Å². The number of hydrogen-bond donors (Lipinski definition) is 1. The average molecular weight is 605 g/mol. The largest absolute Gasteiger partial charge is 0.444 e. The lowest BCUT2D eigenvalue weighted by atomic mass is 9.85. The first-order valence-corrected chi connectivity index (χ1v) is 13.1. The van der Waals surface area contributed by atoms with Crippen LogP contribution in [-0.4, -0.2) is 74.8 Å². The Morgan fingerprint density at radius 2 is 1.05 bits per heavy atom. The monoisotopic (exact) mass is 604 g/mol. The van der Waals surface area contributed by atoms with E-state index in [0.29, 0.717) is 12.8 Å². The predicted octanol–water partition coefficient (Wildman–Crippen LogP) is 5.81. The van der Waals surface area contributed by atoms with Gasteiger partial charge in [-0.2, -0.15) is 19.2 Å². The molecule has 12 nitrogen and oxygen atoms in total. The van der Waals surface area contributed by atoms with Crippen molar-refractivity contribution < 1.29 is 48.1 Å². The zero-order valence-electron chi connectivity index (χ0n) is 26.1. The van der Waals surface area contributed by atoms with Crippen molar-refractivity contribution in [2.24, 2.45) is 10.8 Å². The third kappa shape index (κ3) is 17.0. The SMILES string of the molecule is C.C.CC(C)(C)OC(=O)N1C(=O)CC[C@H]1C(C)(C)C.CC(C)(C)OC(=O)N1C(O)CC[C@H]1C(C)(C)C.O=C=O.O=C=O. The van der Waals surface area contributed by atoms with Gasteiger partial charge in [-0.25, -0.2) is 14.5 Å². The molecule has 0 spiro atoms. The van der Waals surface area contributed by atoms with E-state index in [1.165, 1.54) is 9.80 Å². The molecule has 2 heterocycles. The Labute approximate surface area is 252 Å². The van der Waals surface area contributed by atoms with E-state index in [1.807, 2.05) is 41.5 Å². The van der Waals surface area contributed by atoms with Gasteiger partial charge in [0.05, 0.1) is 0 Å². The van der Waals surface area contributed by atoms with Gasteiger partial charge < -0.3 is 14.6 Å². The lowest BCUT2D eigenvalue weighted by Crippen LogP contribution is -2.48. The number of carbonyl (C=O) groups excluding carboxylic acids is 7. The minimum Gasteiger partial charge on any atom is -0.444 e. The minimum absolute atomic E-state index is 0. The van der Waals surface area contributed by atoms with E-state index in [1.54, 1.807) is 20.8 Å². The topological polar surface area (TPSA) is 165 Å². The van der Waals surface area contributed by atoms with Crippen LogP contribution in [0.5, 0.6) is 0 Å². The Kier molecular flexibility index (Phi) is 20.2. The van der Waals surface area contributed by atoms with Gasteiger partial charge in [0.2, 0.25) is 5.91 Å². The molecule has 2 aliphatic rings. The summed E-state index contributed by atoms with van der Waals surface area (Å²) in [6.45, 7) is 23.2. The van der Waals surface area contributed by atoms with Gasteiger partial charge in [0.25, 0.3) is 0 Å². The van der Waals surface area contributed by atoms with Crippen LogP contribution in [0.25, 0.3) is 0 Å². The van der Waals surface area contributed by atoms with Crippen LogP contribution in [0.15, 0.2) is 0 Å². The molecule has 1 N–H and O–H groups in total. The highest BCUT2D eigenvalue weighted by Gasteiger charge is 2.45. The summed E-state index contributed by atoms with van der Waals surface area (Å²) < 4.78 is 10.6. The van der Waals surface area contributed by atoms with Gasteiger partial charge in [-0.05, 0) is 71.6 Å². The molecule has 0 radical (unpaired) electrons. The lowest BCUT2D eigenvalue weighted by Gasteiger charge is -2.37. The summed E-state index contributed by atoms with van der Waals surface area (Å²) >= 11 is 0. The molecule has 0 aliphatic carbocycles. The molecule has 2 saturated heterocycles. The zero-order chi connectivity index (χ0) is 32.3. The third-order valence-corrected chi connectivity index (χ3v) is 5.76. The van der Waals surface area contributed by atoms with Crippen LogP contribution in [0, 0.1) is 10.8 Å². The molecule has 246 valence electrons. The quantitative estimate of drug-likeness (QED) is 0.356. The maximum absolute atomic E-state index is 12.1. The number of carbonyl (C=O) groups is 3. The highest BCUT2D eigenvalue weighted by atomic mass is 16.6. The maximum Gasteiger partial charge on any atom is 0.417 e. The van der Waals surface area contributed by atoms with Crippen molar-refractivity contribution in [3.8, 4) is 0 Å². The lowest BCUT2D eigenvalue weighted by molar-refractivity contribution is -0.193. The summed E-state index contributed by atoms with van der Waals surface area (Å²) in [5, 5.41) is 9.92. The minimum atomic E-state index is -0.714. The number of aliphatic hydroxyl groups excluding tert-OH is 1. The predicted molar refractivity (Wildman–Crippen MR) is 156 cm³/mol. The first-order chi connectivity index (χ1) is 17.9. The summed E-state index contributed by atoms with van der Waals surface area (Å²) in [6, 6.07) is -0.0304. The maximum atomic E-state index is 12.1. The molecular formula is C30H56N2O10. The van der Waals surface area contributed by atoms with Crippen LogP contribution in [0.4, 0.5) is 9.59 Å². The summed E-state index contributed by atoms with van der Waals surface area (Å²) in [4.78, 5) is 71.2. The Bertz CT molecular complexity index is 896. The molecule has 0 aromatic rings. The van der Waals surface area contributed by atoms with Gasteiger partial charge in [0.1, 0.15) is 17.4 Å². The van der Waals surface area contributed by atoms with Crippen molar-refractivity contribution in [1.82, 2.24) is 9.80 Å². The van der Waals surface area contributed by atoms with E-state index >= 15 is 0 Å². The molecule has 0 aromatic carbocycles. The van der Waals surface area contributed by atoms with Crippen LogP contribution in [0.1, 0.15) is 124 Å². The molecule has 0 aromatic heterocycles. The Hall–Kier alpha value is -3.07. The molecule has 2 rings (SSSR count). The van der Waals surface area contributed by atoms with E-state index in [9.17, 15) is 19.5 Å². The molecule has 3 atom stereocenters. The standard InChI is InChI=1S/C13H25NO3.C13H23NO3.2CO2.2CH4/c2*1-12(2,3)9-7-8-10(15)14(9)11(16)17-13(4,5)6;2*2-1-3;;/h9-10,15H,7-8H2,1-6H3;9H,7-8H2,1-6H3;;;2*1H4/t9-,10?;9-;;;;/m00..../s1. The fourth-order valence-corrected chi connectivity index (χ4v) is 4.25. The van der Waals surface area contributed by atoms with Crippen molar-refractivity contribution >= 4 is 30.4 Å². The number of hydrogen-bond acceptors (Lipinski definition) is 10. The Morgan fingerprint density at radius 3 is 1.38 bits per heavy atom. The van der Waals surface area contributed by atoms with Gasteiger partial charge in [-0.3, -0.25) is 9.69 Å². The Balaban J connectivity index is -0.000000278. The molecule has 3 amide bonds. The van der Waals surface area contributed by atoms with E-state index in [4.69, 9.17) is 28.7 Å². The number of amides is 3. The summed E-state index contributed by atoms with van der Waals surface area (Å²) in [5.74, 6) is -0.126. The van der Waals surface area contributed by atoms with Gasteiger partial charge in [-0.15, -0.1) is 0 Å². The van der Waals surface area contributed by atoms with Gasteiger partial charge in [0, 0.05) is 18.5 Å². The second-order valence-corrected chi connectivity index (χ2v) is 13.7. The number of aliphatic hydroxyl groups is 1. The van der Waals surface area contributed by atoms with Crippen molar-refractivity contribution in [3.05, 3.63) is 0 Å². The van der Waals surface area contributed by atoms with Crippen LogP contribution in [0.2, 0.25) is 0 Å². The number of imide groups is 1. The van der Waals surface area contributed by atoms with Gasteiger partial charge >= 0.3 is 24.5 Å². The number of likely N-dealkylation sites (tertiary alicyclic amines) is 2. The van der Waals surface area contributed by atoms with Crippen LogP contribution in [0.3, 0.4) is 0 Å². The van der Waals surface area contributed by atoms with Crippen molar-refractivity contribution in [2.45, 2.75) is 153 Å². The fraction of sp³-hybridized carbons (Fsp3) is 0.833. The summed E-state index contributed by atoms with van der Waals surface area (Å²) in [7, 11) is 0. The van der Waals surface area contributed by atoms with Crippen molar-refractivity contribution in [2.75, 3.05) is 0 Å². The molecule has 2 fully saturated rings. The molecular weight excluding hydrogens is 548 g/mol. The highest BCUT2D eigenvalue weighted by molar-refractivity contribution is 5.94. The highest BCUT2D eigenvalue weighted by Crippen LogP contribution is 2.36. The number of rotatable bonds is 0. The van der Waals surface area contributed by atoms with Crippen LogP contribution < -0.4 is 0 Å². The average Bonchev–Trinajstić information content (AvgIpc) is 3.29. The van der Waals surface area contributed by atoms with E-state index in [2.05, 4.69) is 20.8 Å². The van der Waals surface area contributed by atoms with E-state index in [-0.39, 0.29) is 56.0 Å². The van der Waals surface area contributed by atoms with E-state index in [0.717, 1.165) is 12.8 Å². The summed E-state index contributed by atoms with van der Waals surface area (Å²) in [5.41, 5.74) is -1.25. The van der Waals surface area contributed by atoms with Gasteiger partial charge in [-0.1, -0.05) is 56.4 Å². The number of ether oxygens (including phenoxy) is 2. The smallest absolute Gasteiger partial charge is 0.417 e. The first kappa shape index (κ1) is 45.9. The molecule has 0 saturated carbocycles. The fourth-order valence-electron chi connectivity index (χ4n) is 4.25. The first-order valence-electron chi connectivity index (χ1n) is 13.1. The van der Waals surface area contributed by atoms with E-state index < -0.39 is 29.6 Å². The van der Waals surface area contributed by atoms with Crippen molar-refractivity contribution in [3.63, 3.8) is 0 Å². The van der Waals surface area contributed by atoms with Gasteiger partial charge in [0.15, 0.2) is 0 Å². The Morgan fingerprint density at radius 1 is 0.690 bits per heavy atom. The number of nitrogens with zero attached hydrogens (tertiary/aromatic N) is 2. The molecule has 2 aliphatic heterocycles. The molecule has 0 bridgehead atoms. The zero-order valence-corrected chi connectivity index (χ0v) is 26.1. The van der Waals surface area contributed by atoms with Crippen LogP contribution in [-0.2, 0) is 33.4 Å². The molecule has 42 heavy (non-hydrogen) atoms. The normalized spacial score (nSPS) is 19.8. The molecule has 1 unspecified atom stereocenters. The third-order valence-electron chi connectivity index (χ3n) is 5.76. The summed E-state index contributed by atoms with van der Waals surface area (Å²) in [6.07, 6.45) is 1.46. The second-order valence-electron chi connectivity index (χ2n) is 13.7.